The number of rotatable bonds is 7. The van der Waals surface area contributed by atoms with Gasteiger partial charge in [0.2, 0.25) is 0 Å². The molecule has 2 rings (SSSR count). The highest BCUT2D eigenvalue weighted by Gasteiger charge is 2.18. The van der Waals surface area contributed by atoms with Gasteiger partial charge in [0.05, 0.1) is 0 Å². The van der Waals surface area contributed by atoms with Gasteiger partial charge in [-0.15, -0.1) is 0 Å². The van der Waals surface area contributed by atoms with Crippen LogP contribution in [0.5, 0.6) is 5.75 Å². The predicted molar refractivity (Wildman–Crippen MR) is 90.6 cm³/mol. The zero-order valence-electron chi connectivity index (χ0n) is 14.2. The van der Waals surface area contributed by atoms with E-state index in [1.807, 2.05) is 12.1 Å². The maximum atomic E-state index is 10.1. The van der Waals surface area contributed by atoms with Gasteiger partial charge in [0.1, 0.15) is 18.5 Å². The molecule has 1 aliphatic heterocycles. The molecule has 1 N–H and O–H groups in total. The zero-order chi connectivity index (χ0) is 15.9. The summed E-state index contributed by atoms with van der Waals surface area (Å²) in [4.78, 5) is 4.76. The molecule has 22 heavy (non-hydrogen) atoms. The van der Waals surface area contributed by atoms with Gasteiger partial charge in [-0.1, -0.05) is 32.9 Å². The van der Waals surface area contributed by atoms with Crippen LogP contribution in [0.3, 0.4) is 0 Å². The van der Waals surface area contributed by atoms with E-state index in [1.54, 1.807) is 0 Å². The summed E-state index contributed by atoms with van der Waals surface area (Å²) in [6, 6.07) is 8.16. The molecule has 1 heterocycles. The van der Waals surface area contributed by atoms with Crippen molar-refractivity contribution in [2.24, 2.45) is 0 Å². The van der Waals surface area contributed by atoms with Crippen molar-refractivity contribution in [1.29, 1.82) is 0 Å². The normalized spacial score (nSPS) is 18.6. The molecule has 1 atom stereocenters. The first-order valence-electron chi connectivity index (χ1n) is 8.44. The fourth-order valence-electron chi connectivity index (χ4n) is 2.78. The second kappa shape index (κ2) is 8.51. The number of aliphatic hydroxyl groups is 1. The molecular weight excluding hydrogens is 276 g/mol. The lowest BCUT2D eigenvalue weighted by atomic mass is 10.0. The number of nitrogens with zero attached hydrogens (tertiary/aromatic N) is 2. The number of ether oxygens (including phenoxy) is 1. The van der Waals surface area contributed by atoms with Crippen LogP contribution in [-0.4, -0.2) is 66.9 Å². The Morgan fingerprint density at radius 3 is 2.18 bits per heavy atom. The predicted octanol–water partition coefficient (Wildman–Crippen LogP) is 2.19. The van der Waals surface area contributed by atoms with Gasteiger partial charge in [-0.25, -0.2) is 0 Å². The summed E-state index contributed by atoms with van der Waals surface area (Å²) in [5.74, 6) is 1.36. The van der Waals surface area contributed by atoms with Crippen molar-refractivity contribution in [2.45, 2.75) is 32.8 Å². The van der Waals surface area contributed by atoms with Crippen LogP contribution in [-0.2, 0) is 0 Å². The Kier molecular flexibility index (Phi) is 6.68. The first-order chi connectivity index (χ1) is 10.6. The van der Waals surface area contributed by atoms with Gasteiger partial charge in [-0.05, 0) is 30.2 Å². The van der Waals surface area contributed by atoms with E-state index in [9.17, 15) is 5.11 Å². The second-order valence-electron chi connectivity index (χ2n) is 6.42. The molecule has 1 aromatic rings. The van der Waals surface area contributed by atoms with E-state index in [-0.39, 0.29) is 0 Å². The number of benzene rings is 1. The summed E-state index contributed by atoms with van der Waals surface area (Å²) in [6.07, 6.45) is -0.432. The number of likely N-dealkylation sites (N-methyl/N-ethyl adjacent to an activating group) is 1. The molecule has 1 saturated heterocycles. The SMILES string of the molecule is CCN1CCN(C[C@H](O)COc2ccc(C(C)C)cc2)CC1. The zero-order valence-corrected chi connectivity index (χ0v) is 14.2. The molecule has 124 valence electrons. The van der Waals surface area contributed by atoms with E-state index in [4.69, 9.17) is 4.74 Å². The summed E-state index contributed by atoms with van der Waals surface area (Å²) < 4.78 is 5.70. The second-order valence-corrected chi connectivity index (χ2v) is 6.42. The van der Waals surface area contributed by atoms with Crippen LogP contribution < -0.4 is 4.74 Å². The van der Waals surface area contributed by atoms with Gasteiger partial charge in [0.15, 0.2) is 0 Å². The van der Waals surface area contributed by atoms with E-state index in [2.05, 4.69) is 42.7 Å². The van der Waals surface area contributed by atoms with Crippen molar-refractivity contribution in [1.82, 2.24) is 9.80 Å². The minimum Gasteiger partial charge on any atom is -0.491 e. The molecule has 1 aromatic carbocycles. The number of β-amino-alcohol motifs (C(OH)–C–C–N with tert-alkyl or cyclic N) is 1. The number of hydrogen-bond acceptors (Lipinski definition) is 4. The summed E-state index contributed by atoms with van der Waals surface area (Å²) in [5, 5.41) is 10.1. The van der Waals surface area contributed by atoms with E-state index in [1.165, 1.54) is 5.56 Å². The summed E-state index contributed by atoms with van der Waals surface area (Å²) in [7, 11) is 0. The first-order valence-corrected chi connectivity index (χ1v) is 8.44. The van der Waals surface area contributed by atoms with Gasteiger partial charge in [0, 0.05) is 32.7 Å². The molecule has 0 amide bonds. The number of hydrogen-bond donors (Lipinski definition) is 1. The lowest BCUT2D eigenvalue weighted by molar-refractivity contribution is 0.0471. The van der Waals surface area contributed by atoms with E-state index < -0.39 is 6.10 Å². The van der Waals surface area contributed by atoms with E-state index >= 15 is 0 Å². The maximum Gasteiger partial charge on any atom is 0.119 e. The van der Waals surface area contributed by atoms with Crippen molar-refractivity contribution < 1.29 is 9.84 Å². The van der Waals surface area contributed by atoms with Crippen LogP contribution >= 0.6 is 0 Å². The van der Waals surface area contributed by atoms with Crippen molar-refractivity contribution in [3.8, 4) is 5.75 Å². The molecule has 0 aromatic heterocycles. The smallest absolute Gasteiger partial charge is 0.119 e. The Balaban J connectivity index is 1.70. The van der Waals surface area contributed by atoms with E-state index in [0.29, 0.717) is 19.1 Å². The quantitative estimate of drug-likeness (QED) is 0.838. The minimum atomic E-state index is -0.432. The largest absolute Gasteiger partial charge is 0.491 e. The lowest BCUT2D eigenvalue weighted by Crippen LogP contribution is -2.49. The Hall–Kier alpha value is -1.10. The van der Waals surface area contributed by atoms with Crippen LogP contribution in [0.1, 0.15) is 32.3 Å². The molecule has 0 radical (unpaired) electrons. The standard InChI is InChI=1S/C18H30N2O2/c1-4-19-9-11-20(12-10-19)13-17(21)14-22-18-7-5-16(6-8-18)15(2)3/h5-8,15,17,21H,4,9-14H2,1-3H3/t17-/m0/s1. The van der Waals surface area contributed by atoms with Crippen LogP contribution in [0, 0.1) is 0 Å². The fraction of sp³-hybridized carbons (Fsp3) is 0.667. The minimum absolute atomic E-state index is 0.356. The average Bonchev–Trinajstić information content (AvgIpc) is 2.54. The summed E-state index contributed by atoms with van der Waals surface area (Å²) in [5.41, 5.74) is 1.31. The summed E-state index contributed by atoms with van der Waals surface area (Å²) >= 11 is 0. The summed E-state index contributed by atoms with van der Waals surface area (Å²) in [6.45, 7) is 13.0. The average molecular weight is 306 g/mol. The van der Waals surface area contributed by atoms with E-state index in [0.717, 1.165) is 38.5 Å². The molecule has 0 aliphatic carbocycles. The van der Waals surface area contributed by atoms with Gasteiger partial charge in [-0.2, -0.15) is 0 Å². The maximum absolute atomic E-state index is 10.1. The Morgan fingerprint density at radius 1 is 1.05 bits per heavy atom. The van der Waals surface area contributed by atoms with Crippen molar-refractivity contribution in [2.75, 3.05) is 45.9 Å². The molecular formula is C18H30N2O2. The van der Waals surface area contributed by atoms with Crippen molar-refractivity contribution in [3.05, 3.63) is 29.8 Å². The Morgan fingerprint density at radius 2 is 1.64 bits per heavy atom. The topological polar surface area (TPSA) is 35.9 Å². The highest BCUT2D eigenvalue weighted by Crippen LogP contribution is 2.18. The van der Waals surface area contributed by atoms with Gasteiger partial charge in [-0.3, -0.25) is 4.90 Å². The Bertz CT molecular complexity index is 425. The molecule has 0 bridgehead atoms. The van der Waals surface area contributed by atoms with Gasteiger partial charge >= 0.3 is 0 Å². The highest BCUT2D eigenvalue weighted by atomic mass is 16.5. The first kappa shape index (κ1) is 17.3. The van der Waals surface area contributed by atoms with Crippen molar-refractivity contribution >= 4 is 0 Å². The van der Waals surface area contributed by atoms with Crippen LogP contribution in [0.2, 0.25) is 0 Å². The van der Waals surface area contributed by atoms with Crippen LogP contribution in [0.15, 0.2) is 24.3 Å². The molecule has 1 fully saturated rings. The third-order valence-electron chi connectivity index (χ3n) is 4.37. The molecule has 4 nitrogen and oxygen atoms in total. The molecule has 1 aliphatic rings. The molecule has 0 spiro atoms. The molecule has 0 saturated carbocycles. The Labute approximate surface area is 134 Å². The fourth-order valence-corrected chi connectivity index (χ4v) is 2.78. The number of piperazine rings is 1. The lowest BCUT2D eigenvalue weighted by Gasteiger charge is -2.34. The number of aliphatic hydroxyl groups excluding tert-OH is 1. The third-order valence-corrected chi connectivity index (χ3v) is 4.37. The molecule has 4 heteroatoms. The van der Waals surface area contributed by atoms with Crippen molar-refractivity contribution in [3.63, 3.8) is 0 Å². The molecule has 0 unspecified atom stereocenters. The van der Waals surface area contributed by atoms with Gasteiger partial charge in [0.25, 0.3) is 0 Å². The third kappa shape index (κ3) is 5.27. The van der Waals surface area contributed by atoms with Crippen LogP contribution in [0.4, 0.5) is 0 Å². The van der Waals surface area contributed by atoms with Crippen LogP contribution in [0.25, 0.3) is 0 Å². The highest BCUT2D eigenvalue weighted by molar-refractivity contribution is 5.28. The van der Waals surface area contributed by atoms with Gasteiger partial charge < -0.3 is 14.7 Å². The monoisotopic (exact) mass is 306 g/mol.